The molecule has 1 fully saturated rings. The monoisotopic (exact) mass is 439 g/mol. The van der Waals surface area contributed by atoms with Crippen LogP contribution in [0.15, 0.2) is 53.9 Å². The topological polar surface area (TPSA) is 80.3 Å². The van der Waals surface area contributed by atoms with Crippen LogP contribution in [0.4, 0.5) is 15.2 Å². The number of hydrogen-bond acceptors (Lipinski definition) is 5. The molecule has 2 aromatic carbocycles. The average molecular weight is 440 g/mol. The van der Waals surface area contributed by atoms with Crippen molar-refractivity contribution in [3.63, 3.8) is 0 Å². The molecule has 0 spiro atoms. The summed E-state index contributed by atoms with van der Waals surface area (Å²) < 4.78 is 19.7. The van der Waals surface area contributed by atoms with Gasteiger partial charge in [0.1, 0.15) is 11.6 Å². The van der Waals surface area contributed by atoms with Crippen LogP contribution in [-0.4, -0.2) is 22.9 Å². The number of thiazole rings is 1. The zero-order valence-corrected chi connectivity index (χ0v) is 17.6. The molecule has 31 heavy (non-hydrogen) atoms. The van der Waals surface area contributed by atoms with Gasteiger partial charge in [-0.05, 0) is 49.9 Å². The predicted molar refractivity (Wildman–Crippen MR) is 118 cm³/mol. The fourth-order valence-electron chi connectivity index (χ4n) is 3.47. The van der Waals surface area contributed by atoms with E-state index in [1.807, 2.05) is 18.2 Å². The molecule has 1 aliphatic rings. The number of carbonyl (C=O) groups excluding carboxylic acids is 2. The molecule has 0 aliphatic heterocycles. The molecular weight excluding hydrogens is 417 g/mol. The zero-order chi connectivity index (χ0) is 21.6. The van der Waals surface area contributed by atoms with Gasteiger partial charge in [0.2, 0.25) is 5.91 Å². The SMILES string of the molecule is O=C(Cc1csc(NC(=O)c2ccccc2F)n1)Nc1cccc(OC2CCCC2)c1. The molecule has 0 radical (unpaired) electrons. The third kappa shape index (κ3) is 5.67. The first kappa shape index (κ1) is 21.0. The van der Waals surface area contributed by atoms with Gasteiger partial charge in [-0.1, -0.05) is 18.2 Å². The summed E-state index contributed by atoms with van der Waals surface area (Å²) in [5.74, 6) is -0.662. The first-order chi connectivity index (χ1) is 15.1. The zero-order valence-electron chi connectivity index (χ0n) is 16.8. The minimum atomic E-state index is -0.602. The maximum atomic E-state index is 13.7. The highest BCUT2D eigenvalue weighted by Gasteiger charge is 2.17. The van der Waals surface area contributed by atoms with E-state index in [0.29, 0.717) is 16.5 Å². The molecule has 2 amide bonds. The number of halogens is 1. The molecule has 1 aliphatic carbocycles. The van der Waals surface area contributed by atoms with Gasteiger partial charge in [0.25, 0.3) is 5.91 Å². The van der Waals surface area contributed by atoms with Crippen LogP contribution in [-0.2, 0) is 11.2 Å². The smallest absolute Gasteiger partial charge is 0.260 e. The Bertz CT molecular complexity index is 1080. The lowest BCUT2D eigenvalue weighted by Crippen LogP contribution is -2.16. The van der Waals surface area contributed by atoms with Crippen LogP contribution in [0.3, 0.4) is 0 Å². The highest BCUT2D eigenvalue weighted by atomic mass is 32.1. The lowest BCUT2D eigenvalue weighted by molar-refractivity contribution is -0.115. The first-order valence-corrected chi connectivity index (χ1v) is 11.0. The number of rotatable bonds is 7. The number of ether oxygens (including phenoxy) is 1. The Balaban J connectivity index is 1.32. The fraction of sp³-hybridized carbons (Fsp3) is 0.261. The molecule has 3 aromatic rings. The van der Waals surface area contributed by atoms with Gasteiger partial charge in [0.05, 0.1) is 23.8 Å². The molecule has 6 nitrogen and oxygen atoms in total. The number of benzene rings is 2. The van der Waals surface area contributed by atoms with E-state index in [2.05, 4.69) is 15.6 Å². The van der Waals surface area contributed by atoms with Crippen LogP contribution >= 0.6 is 11.3 Å². The summed E-state index contributed by atoms with van der Waals surface area (Å²) in [5.41, 5.74) is 1.12. The molecule has 0 bridgehead atoms. The summed E-state index contributed by atoms with van der Waals surface area (Å²) in [4.78, 5) is 28.9. The molecule has 4 rings (SSSR count). The third-order valence-electron chi connectivity index (χ3n) is 4.96. The van der Waals surface area contributed by atoms with Crippen molar-refractivity contribution in [3.05, 3.63) is 71.0 Å². The van der Waals surface area contributed by atoms with Crippen LogP contribution in [0, 0.1) is 5.82 Å². The van der Waals surface area contributed by atoms with E-state index in [1.165, 1.54) is 42.4 Å². The van der Waals surface area contributed by atoms with Crippen LogP contribution in [0.2, 0.25) is 0 Å². The van der Waals surface area contributed by atoms with Crippen molar-refractivity contribution in [3.8, 4) is 5.75 Å². The van der Waals surface area contributed by atoms with Gasteiger partial charge in [-0.2, -0.15) is 0 Å². The number of nitrogens with zero attached hydrogens (tertiary/aromatic N) is 1. The van der Waals surface area contributed by atoms with Crippen molar-refractivity contribution in [2.45, 2.75) is 38.2 Å². The first-order valence-electron chi connectivity index (χ1n) is 10.1. The molecule has 0 saturated heterocycles. The maximum Gasteiger partial charge on any atom is 0.260 e. The van der Waals surface area contributed by atoms with Crippen LogP contribution in [0.5, 0.6) is 5.75 Å². The van der Waals surface area contributed by atoms with Gasteiger partial charge >= 0.3 is 0 Å². The highest BCUT2D eigenvalue weighted by Crippen LogP contribution is 2.26. The second kappa shape index (κ2) is 9.70. The number of carbonyl (C=O) groups is 2. The van der Waals surface area contributed by atoms with Gasteiger partial charge in [-0.15, -0.1) is 11.3 Å². The summed E-state index contributed by atoms with van der Waals surface area (Å²) in [6.45, 7) is 0. The maximum absolute atomic E-state index is 13.7. The summed E-state index contributed by atoms with van der Waals surface area (Å²) in [6.07, 6.45) is 4.82. The van der Waals surface area contributed by atoms with Crippen LogP contribution in [0.1, 0.15) is 41.7 Å². The minimum Gasteiger partial charge on any atom is -0.490 e. The van der Waals surface area contributed by atoms with Crippen LogP contribution < -0.4 is 15.4 Å². The minimum absolute atomic E-state index is 0.0553. The van der Waals surface area contributed by atoms with Gasteiger partial charge in [0.15, 0.2) is 5.13 Å². The number of anilines is 2. The lowest BCUT2D eigenvalue weighted by Gasteiger charge is -2.14. The summed E-state index contributed by atoms with van der Waals surface area (Å²) in [5, 5.41) is 7.41. The Hall–Kier alpha value is -3.26. The molecule has 1 heterocycles. The van der Waals surface area contributed by atoms with E-state index < -0.39 is 11.7 Å². The van der Waals surface area contributed by atoms with Gasteiger partial charge in [-0.25, -0.2) is 9.37 Å². The molecule has 0 atom stereocenters. The standard InChI is InChI=1S/C23H22FN3O3S/c24-20-11-4-3-10-19(20)22(29)27-23-26-16(14-31-23)13-21(28)25-15-6-5-9-18(12-15)30-17-7-1-2-8-17/h3-6,9-12,14,17H,1-2,7-8,13H2,(H,25,28)(H,26,27,29). The summed E-state index contributed by atoms with van der Waals surface area (Å²) in [6, 6.07) is 13.1. The van der Waals surface area contributed by atoms with E-state index in [-0.39, 0.29) is 24.0 Å². The van der Waals surface area contributed by atoms with Crippen molar-refractivity contribution in [1.29, 1.82) is 0 Å². The molecular formula is C23H22FN3O3S. The van der Waals surface area contributed by atoms with Crippen molar-refractivity contribution in [2.75, 3.05) is 10.6 Å². The Morgan fingerprint density at radius 1 is 1.10 bits per heavy atom. The Morgan fingerprint density at radius 3 is 2.71 bits per heavy atom. The Morgan fingerprint density at radius 2 is 1.90 bits per heavy atom. The van der Waals surface area contributed by atoms with Crippen LogP contribution in [0.25, 0.3) is 0 Å². The van der Waals surface area contributed by atoms with Crippen molar-refractivity contribution in [1.82, 2.24) is 4.98 Å². The van der Waals surface area contributed by atoms with Gasteiger partial charge in [0, 0.05) is 17.1 Å². The van der Waals surface area contributed by atoms with Gasteiger partial charge < -0.3 is 10.1 Å². The number of nitrogens with one attached hydrogen (secondary N) is 2. The largest absolute Gasteiger partial charge is 0.490 e. The fourth-order valence-corrected chi connectivity index (χ4v) is 4.18. The lowest BCUT2D eigenvalue weighted by atomic mass is 10.2. The summed E-state index contributed by atoms with van der Waals surface area (Å²) >= 11 is 1.18. The second-order valence-electron chi connectivity index (χ2n) is 7.36. The van der Waals surface area contributed by atoms with Crippen molar-refractivity contribution >= 4 is 34.0 Å². The van der Waals surface area contributed by atoms with Crippen molar-refractivity contribution in [2.24, 2.45) is 0 Å². The van der Waals surface area contributed by atoms with E-state index in [9.17, 15) is 14.0 Å². The quantitative estimate of drug-likeness (QED) is 0.541. The second-order valence-corrected chi connectivity index (χ2v) is 8.21. The molecule has 8 heteroatoms. The molecule has 1 aromatic heterocycles. The summed E-state index contributed by atoms with van der Waals surface area (Å²) in [7, 11) is 0. The molecule has 2 N–H and O–H groups in total. The predicted octanol–water partition coefficient (Wildman–Crippen LogP) is 5.04. The number of hydrogen-bond donors (Lipinski definition) is 2. The number of amides is 2. The molecule has 0 unspecified atom stereocenters. The average Bonchev–Trinajstić information content (AvgIpc) is 3.40. The number of aromatic nitrogens is 1. The Kier molecular flexibility index (Phi) is 6.57. The molecule has 160 valence electrons. The van der Waals surface area contributed by atoms with E-state index in [1.54, 1.807) is 17.5 Å². The van der Waals surface area contributed by atoms with Gasteiger partial charge in [-0.3, -0.25) is 14.9 Å². The van der Waals surface area contributed by atoms with E-state index >= 15 is 0 Å². The van der Waals surface area contributed by atoms with E-state index in [4.69, 9.17) is 4.74 Å². The third-order valence-corrected chi connectivity index (χ3v) is 5.76. The van der Waals surface area contributed by atoms with E-state index in [0.717, 1.165) is 18.6 Å². The normalized spacial score (nSPS) is 13.7. The Labute approximate surface area is 183 Å². The van der Waals surface area contributed by atoms with Crippen molar-refractivity contribution < 1.29 is 18.7 Å². The highest BCUT2D eigenvalue weighted by molar-refractivity contribution is 7.14. The molecule has 1 saturated carbocycles.